The number of phosphoric acid groups is 1. The Labute approximate surface area is 335 Å². The second-order valence-electron chi connectivity index (χ2n) is 17.1. The van der Waals surface area contributed by atoms with Gasteiger partial charge in [0, 0.05) is 6.42 Å². The lowest BCUT2D eigenvalue weighted by molar-refractivity contribution is -0.870. The number of nitrogens with zero attached hydrogens (tertiary/aromatic N) is 1. The first-order valence-electron chi connectivity index (χ1n) is 23.0. The average Bonchev–Trinajstić information content (AvgIpc) is 3.12. The molecule has 0 rings (SSSR count). The number of amides is 1. The lowest BCUT2D eigenvalue weighted by Gasteiger charge is -2.30. The van der Waals surface area contributed by atoms with Crippen molar-refractivity contribution in [2.75, 3.05) is 40.9 Å². The average molecular weight is 787 g/mol. The number of aliphatic hydroxyl groups is 1. The van der Waals surface area contributed by atoms with Crippen LogP contribution in [0.1, 0.15) is 219 Å². The van der Waals surface area contributed by atoms with Crippen molar-refractivity contribution in [3.8, 4) is 0 Å². The standard InChI is InChI=1S/C45H91N2O6P/c1-6-8-10-12-14-16-18-20-21-22-23-24-25-26-27-28-30-32-34-36-38-44(48)43(42-53-54(50,51)52-41-40-47(3,4)5)46-45(49)39-37-35-33-31-29-19-17-15-13-11-9-7-2/h15,17,43-44,48H,6-14,16,18-42H2,1-5H3,(H-,46,49,50,51)/b17-15-. The number of aliphatic hydroxyl groups excluding tert-OH is 1. The maximum Gasteiger partial charge on any atom is 0.268 e. The van der Waals surface area contributed by atoms with Crippen LogP contribution in [0.3, 0.4) is 0 Å². The third-order valence-electron chi connectivity index (χ3n) is 10.5. The number of phosphoric ester groups is 1. The minimum Gasteiger partial charge on any atom is -0.756 e. The molecule has 1 amide bonds. The summed E-state index contributed by atoms with van der Waals surface area (Å²) in [5.41, 5.74) is 0. The predicted octanol–water partition coefficient (Wildman–Crippen LogP) is 12.1. The molecule has 0 aliphatic heterocycles. The topological polar surface area (TPSA) is 108 Å². The molecule has 0 aromatic rings. The monoisotopic (exact) mass is 787 g/mol. The highest BCUT2D eigenvalue weighted by atomic mass is 31.2. The number of unbranched alkanes of at least 4 members (excludes halogenated alkanes) is 27. The Balaban J connectivity index is 4.28. The van der Waals surface area contributed by atoms with Crippen LogP contribution in [-0.4, -0.2) is 68.5 Å². The van der Waals surface area contributed by atoms with Crippen LogP contribution >= 0.6 is 7.82 Å². The third kappa shape index (κ3) is 39.5. The molecule has 322 valence electrons. The zero-order valence-corrected chi connectivity index (χ0v) is 37.3. The van der Waals surface area contributed by atoms with Gasteiger partial charge in [-0.3, -0.25) is 9.36 Å². The smallest absolute Gasteiger partial charge is 0.268 e. The molecule has 2 N–H and O–H groups in total. The van der Waals surface area contributed by atoms with Crippen LogP contribution in [-0.2, 0) is 18.4 Å². The number of hydrogen-bond acceptors (Lipinski definition) is 6. The lowest BCUT2D eigenvalue weighted by atomic mass is 10.0. The quantitative estimate of drug-likeness (QED) is 0.0276. The first-order chi connectivity index (χ1) is 26.0. The fourth-order valence-corrected chi connectivity index (χ4v) is 7.52. The molecule has 0 radical (unpaired) electrons. The Morgan fingerprint density at radius 1 is 0.630 bits per heavy atom. The van der Waals surface area contributed by atoms with Crippen molar-refractivity contribution >= 4 is 13.7 Å². The first-order valence-corrected chi connectivity index (χ1v) is 24.5. The Kier molecular flexibility index (Phi) is 37.3. The van der Waals surface area contributed by atoms with Crippen LogP contribution in [0.4, 0.5) is 0 Å². The van der Waals surface area contributed by atoms with Crippen molar-refractivity contribution in [2.45, 2.75) is 231 Å². The van der Waals surface area contributed by atoms with Gasteiger partial charge < -0.3 is 28.8 Å². The van der Waals surface area contributed by atoms with E-state index >= 15 is 0 Å². The molecule has 0 bridgehead atoms. The zero-order valence-electron chi connectivity index (χ0n) is 36.4. The van der Waals surface area contributed by atoms with E-state index in [1.165, 1.54) is 141 Å². The van der Waals surface area contributed by atoms with E-state index in [-0.39, 0.29) is 19.1 Å². The van der Waals surface area contributed by atoms with Crippen molar-refractivity contribution in [1.82, 2.24) is 5.32 Å². The minimum absolute atomic E-state index is 0.0124. The van der Waals surface area contributed by atoms with Gasteiger partial charge in [-0.2, -0.15) is 0 Å². The Morgan fingerprint density at radius 2 is 1.02 bits per heavy atom. The Morgan fingerprint density at radius 3 is 1.48 bits per heavy atom. The summed E-state index contributed by atoms with van der Waals surface area (Å²) in [6.45, 7) is 4.70. The van der Waals surface area contributed by atoms with E-state index in [9.17, 15) is 19.4 Å². The van der Waals surface area contributed by atoms with E-state index in [1.54, 1.807) is 0 Å². The third-order valence-corrected chi connectivity index (χ3v) is 11.5. The maximum atomic E-state index is 12.8. The zero-order chi connectivity index (χ0) is 40.0. The summed E-state index contributed by atoms with van der Waals surface area (Å²) in [5, 5.41) is 13.9. The molecular formula is C45H91N2O6P. The number of quaternary nitrogens is 1. The lowest BCUT2D eigenvalue weighted by Crippen LogP contribution is -2.46. The molecule has 0 fully saturated rings. The van der Waals surface area contributed by atoms with Crippen LogP contribution < -0.4 is 10.2 Å². The van der Waals surface area contributed by atoms with Gasteiger partial charge in [-0.1, -0.05) is 187 Å². The van der Waals surface area contributed by atoms with Gasteiger partial charge in [-0.15, -0.1) is 0 Å². The summed E-state index contributed by atoms with van der Waals surface area (Å²) in [6, 6.07) is -0.800. The Bertz CT molecular complexity index is 896. The van der Waals surface area contributed by atoms with Crippen molar-refractivity contribution < 1.29 is 32.9 Å². The van der Waals surface area contributed by atoms with Crippen LogP contribution in [0, 0.1) is 0 Å². The number of carbonyl (C=O) groups excluding carboxylic acids is 1. The number of allylic oxidation sites excluding steroid dienone is 2. The molecule has 0 heterocycles. The molecule has 3 unspecified atom stereocenters. The van der Waals surface area contributed by atoms with Gasteiger partial charge in [0.15, 0.2) is 0 Å². The van der Waals surface area contributed by atoms with E-state index in [1.807, 2.05) is 21.1 Å². The molecule has 0 aromatic carbocycles. The van der Waals surface area contributed by atoms with Gasteiger partial charge in [-0.25, -0.2) is 0 Å². The highest BCUT2D eigenvalue weighted by molar-refractivity contribution is 7.45. The molecular weight excluding hydrogens is 695 g/mol. The fraction of sp³-hybridized carbons (Fsp3) is 0.933. The Hall–Kier alpha value is -0.760. The molecule has 54 heavy (non-hydrogen) atoms. The molecule has 0 saturated heterocycles. The second-order valence-corrected chi connectivity index (χ2v) is 18.5. The van der Waals surface area contributed by atoms with E-state index in [0.29, 0.717) is 23.9 Å². The van der Waals surface area contributed by atoms with Crippen LogP contribution in [0.5, 0.6) is 0 Å². The summed E-state index contributed by atoms with van der Waals surface area (Å²) >= 11 is 0. The van der Waals surface area contributed by atoms with E-state index in [2.05, 4.69) is 31.3 Å². The van der Waals surface area contributed by atoms with Gasteiger partial charge >= 0.3 is 0 Å². The summed E-state index contributed by atoms with van der Waals surface area (Å²) in [6.07, 6.45) is 42.2. The van der Waals surface area contributed by atoms with Gasteiger partial charge in [0.1, 0.15) is 13.2 Å². The van der Waals surface area contributed by atoms with Crippen LogP contribution in [0.15, 0.2) is 12.2 Å². The van der Waals surface area contributed by atoms with Crippen molar-refractivity contribution in [2.24, 2.45) is 0 Å². The van der Waals surface area contributed by atoms with Crippen molar-refractivity contribution in [3.63, 3.8) is 0 Å². The number of rotatable bonds is 42. The predicted molar refractivity (Wildman–Crippen MR) is 229 cm³/mol. The number of carbonyl (C=O) groups is 1. The molecule has 8 nitrogen and oxygen atoms in total. The van der Waals surface area contributed by atoms with Crippen molar-refractivity contribution in [1.29, 1.82) is 0 Å². The van der Waals surface area contributed by atoms with Crippen LogP contribution in [0.25, 0.3) is 0 Å². The highest BCUT2D eigenvalue weighted by Crippen LogP contribution is 2.38. The van der Waals surface area contributed by atoms with Crippen LogP contribution in [0.2, 0.25) is 0 Å². The number of hydrogen-bond donors (Lipinski definition) is 2. The molecule has 0 saturated carbocycles. The molecule has 0 aromatic heterocycles. The maximum absolute atomic E-state index is 12.8. The van der Waals surface area contributed by atoms with Crippen molar-refractivity contribution in [3.05, 3.63) is 12.2 Å². The minimum atomic E-state index is -4.56. The van der Waals surface area contributed by atoms with Gasteiger partial charge in [0.05, 0.1) is 39.9 Å². The fourth-order valence-electron chi connectivity index (χ4n) is 6.80. The largest absolute Gasteiger partial charge is 0.756 e. The summed E-state index contributed by atoms with van der Waals surface area (Å²) in [4.78, 5) is 25.3. The molecule has 9 heteroatoms. The molecule has 0 aliphatic rings. The van der Waals surface area contributed by atoms with Gasteiger partial charge in [-0.05, 0) is 38.5 Å². The van der Waals surface area contributed by atoms with E-state index in [4.69, 9.17) is 9.05 Å². The SMILES string of the molecule is CCCCC/C=C\CCCCCCCC(=O)NC(COP(=O)([O-])OCC[N+](C)(C)C)C(O)CCCCCCCCCCCCCCCCCCCCCC. The molecule has 0 aliphatic carbocycles. The van der Waals surface area contributed by atoms with E-state index in [0.717, 1.165) is 51.4 Å². The second kappa shape index (κ2) is 37.8. The summed E-state index contributed by atoms with van der Waals surface area (Å²) < 4.78 is 23.3. The highest BCUT2D eigenvalue weighted by Gasteiger charge is 2.24. The van der Waals surface area contributed by atoms with Gasteiger partial charge in [0.2, 0.25) is 5.91 Å². The molecule has 0 spiro atoms. The summed E-state index contributed by atoms with van der Waals surface area (Å²) in [5.74, 6) is -0.173. The number of likely N-dealkylation sites (N-methyl/N-ethyl adjacent to an activating group) is 1. The summed E-state index contributed by atoms with van der Waals surface area (Å²) in [7, 11) is 1.30. The normalized spacial score (nSPS) is 14.4. The van der Waals surface area contributed by atoms with Gasteiger partial charge in [0.25, 0.3) is 7.82 Å². The number of nitrogens with one attached hydrogen (secondary N) is 1. The molecule has 3 atom stereocenters. The first kappa shape index (κ1) is 53.2. The van der Waals surface area contributed by atoms with E-state index < -0.39 is 20.0 Å².